The van der Waals surface area contributed by atoms with E-state index in [0.29, 0.717) is 6.42 Å². The van der Waals surface area contributed by atoms with Crippen LogP contribution in [0.3, 0.4) is 0 Å². The third kappa shape index (κ3) is 2.07. The maximum Gasteiger partial charge on any atom is 0.146 e. The summed E-state index contributed by atoms with van der Waals surface area (Å²) < 4.78 is 5.10. The van der Waals surface area contributed by atoms with E-state index in [-0.39, 0.29) is 6.61 Å². The van der Waals surface area contributed by atoms with Crippen molar-refractivity contribution in [1.82, 2.24) is 5.16 Å². The minimum absolute atomic E-state index is 0.0231. The zero-order chi connectivity index (χ0) is 10.7. The molecule has 1 aromatic heterocycles. The van der Waals surface area contributed by atoms with Crippen LogP contribution >= 0.6 is 0 Å². The number of aryl methyl sites for hydroxylation is 1. The van der Waals surface area contributed by atoms with Crippen LogP contribution in [0.2, 0.25) is 0 Å². The molecule has 0 amide bonds. The molecule has 0 saturated heterocycles. The van der Waals surface area contributed by atoms with E-state index in [1.54, 1.807) is 6.20 Å². The van der Waals surface area contributed by atoms with Gasteiger partial charge in [-0.2, -0.15) is 0 Å². The van der Waals surface area contributed by atoms with Crippen molar-refractivity contribution in [2.45, 2.75) is 20.0 Å². The van der Waals surface area contributed by atoms with Gasteiger partial charge < -0.3 is 9.63 Å². The van der Waals surface area contributed by atoms with Gasteiger partial charge in [-0.1, -0.05) is 29.4 Å². The van der Waals surface area contributed by atoms with E-state index in [0.717, 1.165) is 11.3 Å². The topological polar surface area (TPSA) is 46.3 Å². The normalized spacial score (nSPS) is 10.5. The van der Waals surface area contributed by atoms with E-state index in [1.165, 1.54) is 11.1 Å². The first-order valence-corrected chi connectivity index (χ1v) is 4.89. The number of aliphatic hydroxyl groups excluding tert-OH is 1. The van der Waals surface area contributed by atoms with Crippen molar-refractivity contribution in [3.8, 4) is 0 Å². The first-order valence-electron chi connectivity index (χ1n) is 4.89. The van der Waals surface area contributed by atoms with Crippen LogP contribution < -0.4 is 0 Å². The lowest BCUT2D eigenvalue weighted by molar-refractivity contribution is 0.277. The third-order valence-corrected chi connectivity index (χ3v) is 2.51. The van der Waals surface area contributed by atoms with Gasteiger partial charge in [0.1, 0.15) is 5.76 Å². The number of hydrogen-bond acceptors (Lipinski definition) is 3. The molecule has 78 valence electrons. The molecule has 0 aliphatic heterocycles. The number of hydrogen-bond donors (Lipinski definition) is 1. The first-order chi connectivity index (χ1) is 7.31. The minimum atomic E-state index is -0.0231. The molecular weight excluding hydrogens is 190 g/mol. The van der Waals surface area contributed by atoms with Crippen molar-refractivity contribution >= 4 is 0 Å². The Hall–Kier alpha value is -1.61. The summed E-state index contributed by atoms with van der Waals surface area (Å²) in [5.74, 6) is 0.742. The molecule has 1 aromatic carbocycles. The molecule has 0 bridgehead atoms. The van der Waals surface area contributed by atoms with Gasteiger partial charge in [0.05, 0.1) is 12.8 Å². The second-order valence-corrected chi connectivity index (χ2v) is 3.54. The Labute approximate surface area is 88.3 Å². The molecule has 0 saturated carbocycles. The van der Waals surface area contributed by atoms with Crippen LogP contribution in [0.4, 0.5) is 0 Å². The summed E-state index contributed by atoms with van der Waals surface area (Å²) in [5.41, 5.74) is 3.18. The van der Waals surface area contributed by atoms with Crippen LogP contribution in [0.15, 0.2) is 35.0 Å². The molecule has 0 atom stereocenters. The van der Waals surface area contributed by atoms with E-state index < -0.39 is 0 Å². The van der Waals surface area contributed by atoms with Crippen molar-refractivity contribution in [1.29, 1.82) is 0 Å². The Bertz CT molecular complexity index is 448. The van der Waals surface area contributed by atoms with Crippen LogP contribution in [-0.4, -0.2) is 10.3 Å². The van der Waals surface area contributed by atoms with Crippen LogP contribution in [0.1, 0.15) is 22.5 Å². The lowest BCUT2D eigenvalue weighted by atomic mass is 10.0. The van der Waals surface area contributed by atoms with E-state index in [9.17, 15) is 0 Å². The van der Waals surface area contributed by atoms with Gasteiger partial charge in [0.25, 0.3) is 0 Å². The predicted molar refractivity (Wildman–Crippen MR) is 56.4 cm³/mol. The van der Waals surface area contributed by atoms with Crippen molar-refractivity contribution in [2.24, 2.45) is 0 Å². The molecule has 1 heterocycles. The monoisotopic (exact) mass is 203 g/mol. The van der Waals surface area contributed by atoms with Crippen molar-refractivity contribution < 1.29 is 9.63 Å². The number of benzene rings is 1. The van der Waals surface area contributed by atoms with Gasteiger partial charge >= 0.3 is 0 Å². The summed E-state index contributed by atoms with van der Waals surface area (Å²) in [5, 5.41) is 12.7. The molecule has 1 N–H and O–H groups in total. The maximum absolute atomic E-state index is 9.05. The van der Waals surface area contributed by atoms with E-state index in [2.05, 4.69) is 24.2 Å². The summed E-state index contributed by atoms with van der Waals surface area (Å²) in [4.78, 5) is 0. The van der Waals surface area contributed by atoms with Gasteiger partial charge in [0, 0.05) is 12.0 Å². The van der Waals surface area contributed by atoms with Gasteiger partial charge in [0.15, 0.2) is 0 Å². The van der Waals surface area contributed by atoms with E-state index in [4.69, 9.17) is 9.63 Å². The summed E-state index contributed by atoms with van der Waals surface area (Å²) in [6.45, 7) is 2.04. The quantitative estimate of drug-likeness (QED) is 0.830. The van der Waals surface area contributed by atoms with Crippen molar-refractivity contribution in [3.05, 3.63) is 52.9 Å². The van der Waals surface area contributed by atoms with Crippen LogP contribution in [0.5, 0.6) is 0 Å². The number of rotatable bonds is 3. The lowest BCUT2D eigenvalue weighted by Gasteiger charge is -2.03. The average Bonchev–Trinajstić information content (AvgIpc) is 2.69. The molecule has 0 fully saturated rings. The number of aromatic nitrogens is 1. The van der Waals surface area contributed by atoms with Gasteiger partial charge in [-0.25, -0.2) is 0 Å². The SMILES string of the molecule is Cc1ccccc1Cc1oncc1CO. The second-order valence-electron chi connectivity index (χ2n) is 3.54. The molecular formula is C12H13NO2. The standard InChI is InChI=1S/C12H13NO2/c1-9-4-2-3-5-10(9)6-12-11(8-14)7-13-15-12/h2-5,7,14H,6,8H2,1H3. The highest BCUT2D eigenvalue weighted by Crippen LogP contribution is 2.16. The minimum Gasteiger partial charge on any atom is -0.391 e. The Morgan fingerprint density at radius 2 is 2.07 bits per heavy atom. The summed E-state index contributed by atoms with van der Waals surface area (Å²) >= 11 is 0. The molecule has 0 spiro atoms. The zero-order valence-corrected chi connectivity index (χ0v) is 8.60. The largest absolute Gasteiger partial charge is 0.391 e. The molecule has 2 aromatic rings. The summed E-state index contributed by atoms with van der Waals surface area (Å²) in [6, 6.07) is 8.12. The molecule has 15 heavy (non-hydrogen) atoms. The Morgan fingerprint density at radius 1 is 1.27 bits per heavy atom. The summed E-state index contributed by atoms with van der Waals surface area (Å²) in [7, 11) is 0. The molecule has 0 aliphatic carbocycles. The molecule has 3 heteroatoms. The lowest BCUT2D eigenvalue weighted by Crippen LogP contribution is -1.93. The van der Waals surface area contributed by atoms with Gasteiger partial charge in [0.2, 0.25) is 0 Å². The van der Waals surface area contributed by atoms with Crippen LogP contribution in [0.25, 0.3) is 0 Å². The second kappa shape index (κ2) is 4.28. The Balaban J connectivity index is 2.26. The van der Waals surface area contributed by atoms with Gasteiger partial charge in [-0.3, -0.25) is 0 Å². The van der Waals surface area contributed by atoms with Crippen LogP contribution in [-0.2, 0) is 13.0 Å². The highest BCUT2D eigenvalue weighted by Gasteiger charge is 2.08. The highest BCUT2D eigenvalue weighted by atomic mass is 16.5. The Kier molecular flexibility index (Phi) is 2.83. The van der Waals surface area contributed by atoms with Gasteiger partial charge in [-0.15, -0.1) is 0 Å². The maximum atomic E-state index is 9.05. The third-order valence-electron chi connectivity index (χ3n) is 2.51. The highest BCUT2D eigenvalue weighted by molar-refractivity contribution is 5.30. The molecule has 0 unspecified atom stereocenters. The zero-order valence-electron chi connectivity index (χ0n) is 8.60. The number of aliphatic hydroxyl groups is 1. The fraction of sp³-hybridized carbons (Fsp3) is 0.250. The van der Waals surface area contributed by atoms with E-state index in [1.807, 2.05) is 12.1 Å². The van der Waals surface area contributed by atoms with Crippen molar-refractivity contribution in [2.75, 3.05) is 0 Å². The number of nitrogens with zero attached hydrogens (tertiary/aromatic N) is 1. The molecule has 0 radical (unpaired) electrons. The predicted octanol–water partition coefficient (Wildman–Crippen LogP) is 2.07. The Morgan fingerprint density at radius 3 is 2.80 bits per heavy atom. The van der Waals surface area contributed by atoms with Crippen molar-refractivity contribution in [3.63, 3.8) is 0 Å². The van der Waals surface area contributed by atoms with Crippen LogP contribution in [0, 0.1) is 6.92 Å². The smallest absolute Gasteiger partial charge is 0.146 e. The first kappa shape index (κ1) is 9.93. The fourth-order valence-electron chi connectivity index (χ4n) is 1.54. The molecule has 0 aliphatic rings. The summed E-state index contributed by atoms with van der Waals surface area (Å²) in [6.07, 6.45) is 2.25. The van der Waals surface area contributed by atoms with E-state index >= 15 is 0 Å². The fourth-order valence-corrected chi connectivity index (χ4v) is 1.54. The molecule has 3 nitrogen and oxygen atoms in total. The van der Waals surface area contributed by atoms with Gasteiger partial charge in [-0.05, 0) is 18.1 Å². The molecule has 2 rings (SSSR count). The average molecular weight is 203 g/mol.